The molecule has 0 heterocycles. The van der Waals surface area contributed by atoms with Gasteiger partial charge in [-0.25, -0.2) is 4.79 Å². The van der Waals surface area contributed by atoms with Crippen molar-refractivity contribution in [2.75, 3.05) is 0 Å². The monoisotopic (exact) mass is 308 g/mol. The zero-order chi connectivity index (χ0) is 16.7. The predicted molar refractivity (Wildman–Crippen MR) is 83.1 cm³/mol. The van der Waals surface area contributed by atoms with Crippen LogP contribution in [0.2, 0.25) is 0 Å². The summed E-state index contributed by atoms with van der Waals surface area (Å²) in [5.41, 5.74) is 6.75. The minimum atomic E-state index is -1.45. The van der Waals surface area contributed by atoms with Crippen molar-refractivity contribution in [1.82, 2.24) is 5.32 Å². The number of carbonyl (C=O) groups excluding carboxylic acids is 1. The molecule has 1 rings (SSSR count). The molecular weight excluding hydrogens is 284 g/mol. The van der Waals surface area contributed by atoms with E-state index in [2.05, 4.69) is 5.32 Å². The Morgan fingerprint density at radius 2 is 1.82 bits per heavy atom. The van der Waals surface area contributed by atoms with Crippen LogP contribution in [0.3, 0.4) is 0 Å². The SMILES string of the molecule is CC(C)C[C@@H](NC(=O)[C@H](O)[C@H](N)Cc1ccccc1)C(=O)O. The number of hydrogen-bond donors (Lipinski definition) is 4. The van der Waals surface area contributed by atoms with Crippen molar-refractivity contribution in [2.45, 2.75) is 44.9 Å². The van der Waals surface area contributed by atoms with Gasteiger partial charge in [0, 0.05) is 6.04 Å². The highest BCUT2D eigenvalue weighted by molar-refractivity contribution is 5.86. The quantitative estimate of drug-likeness (QED) is 0.559. The van der Waals surface area contributed by atoms with Gasteiger partial charge in [-0.3, -0.25) is 4.79 Å². The predicted octanol–water partition coefficient (Wildman–Crippen LogP) is 0.533. The van der Waals surface area contributed by atoms with Gasteiger partial charge in [-0.15, -0.1) is 0 Å². The largest absolute Gasteiger partial charge is 0.480 e. The van der Waals surface area contributed by atoms with Crippen LogP contribution in [0, 0.1) is 5.92 Å². The lowest BCUT2D eigenvalue weighted by Crippen LogP contribution is -2.52. The Morgan fingerprint density at radius 1 is 1.23 bits per heavy atom. The van der Waals surface area contributed by atoms with Crippen LogP contribution in [0.25, 0.3) is 0 Å². The van der Waals surface area contributed by atoms with Gasteiger partial charge < -0.3 is 21.3 Å². The molecule has 1 amide bonds. The summed E-state index contributed by atoms with van der Waals surface area (Å²) in [5.74, 6) is -1.76. The molecule has 6 nitrogen and oxygen atoms in total. The summed E-state index contributed by atoms with van der Waals surface area (Å²) < 4.78 is 0. The number of amides is 1. The lowest BCUT2D eigenvalue weighted by Gasteiger charge is -2.22. The van der Waals surface area contributed by atoms with E-state index in [1.807, 2.05) is 44.2 Å². The first-order chi connectivity index (χ1) is 10.3. The second kappa shape index (κ2) is 8.51. The highest BCUT2D eigenvalue weighted by atomic mass is 16.4. The molecule has 3 atom stereocenters. The van der Waals surface area contributed by atoms with E-state index in [0.29, 0.717) is 12.8 Å². The molecule has 0 saturated heterocycles. The Balaban J connectivity index is 2.61. The molecule has 5 N–H and O–H groups in total. The van der Waals surface area contributed by atoms with Gasteiger partial charge in [0.15, 0.2) is 0 Å². The minimum Gasteiger partial charge on any atom is -0.480 e. The van der Waals surface area contributed by atoms with Crippen molar-refractivity contribution in [3.63, 3.8) is 0 Å². The highest BCUT2D eigenvalue weighted by Gasteiger charge is 2.28. The molecule has 0 spiro atoms. The average Bonchev–Trinajstić information content (AvgIpc) is 2.46. The molecule has 0 fully saturated rings. The Bertz CT molecular complexity index is 490. The van der Waals surface area contributed by atoms with Gasteiger partial charge in [0.05, 0.1) is 0 Å². The van der Waals surface area contributed by atoms with E-state index in [1.165, 1.54) is 0 Å². The topological polar surface area (TPSA) is 113 Å². The van der Waals surface area contributed by atoms with Gasteiger partial charge in [-0.2, -0.15) is 0 Å². The molecular formula is C16H24N2O4. The number of benzene rings is 1. The first-order valence-electron chi connectivity index (χ1n) is 7.32. The smallest absolute Gasteiger partial charge is 0.326 e. The van der Waals surface area contributed by atoms with E-state index in [9.17, 15) is 14.7 Å². The maximum atomic E-state index is 12.0. The van der Waals surface area contributed by atoms with Gasteiger partial charge in [0.1, 0.15) is 12.1 Å². The number of hydrogen-bond acceptors (Lipinski definition) is 4. The number of aliphatic hydroxyl groups excluding tert-OH is 1. The number of carboxylic acids is 1. The fraction of sp³-hybridized carbons (Fsp3) is 0.500. The van der Waals surface area contributed by atoms with E-state index >= 15 is 0 Å². The Morgan fingerprint density at radius 3 is 2.32 bits per heavy atom. The third-order valence-electron chi connectivity index (χ3n) is 3.31. The second-order valence-electron chi connectivity index (χ2n) is 5.83. The first kappa shape index (κ1) is 18.1. The molecule has 22 heavy (non-hydrogen) atoms. The lowest BCUT2D eigenvalue weighted by molar-refractivity contribution is -0.144. The summed E-state index contributed by atoms with van der Waals surface area (Å²) >= 11 is 0. The second-order valence-corrected chi connectivity index (χ2v) is 5.83. The minimum absolute atomic E-state index is 0.108. The van der Waals surface area contributed by atoms with Crippen LogP contribution in [-0.4, -0.2) is 40.3 Å². The standard InChI is InChI=1S/C16H24N2O4/c1-10(2)8-13(16(21)22)18-15(20)14(19)12(17)9-11-6-4-3-5-7-11/h3-7,10,12-14,19H,8-9,17H2,1-2H3,(H,18,20)(H,21,22)/t12-,13-,14-/m1/s1. The van der Waals surface area contributed by atoms with Crippen molar-refractivity contribution in [3.8, 4) is 0 Å². The molecule has 0 aliphatic carbocycles. The number of carbonyl (C=O) groups is 2. The molecule has 0 aliphatic heterocycles. The van der Waals surface area contributed by atoms with Crippen LogP contribution >= 0.6 is 0 Å². The Labute approximate surface area is 130 Å². The number of aliphatic hydroxyl groups is 1. The van der Waals surface area contributed by atoms with Crippen molar-refractivity contribution in [1.29, 1.82) is 0 Å². The molecule has 0 aliphatic rings. The number of aliphatic carboxylic acids is 1. The van der Waals surface area contributed by atoms with Gasteiger partial charge in [-0.1, -0.05) is 44.2 Å². The number of nitrogens with one attached hydrogen (secondary N) is 1. The zero-order valence-electron chi connectivity index (χ0n) is 12.9. The van der Waals surface area contributed by atoms with Crippen LogP contribution in [0.1, 0.15) is 25.8 Å². The van der Waals surface area contributed by atoms with Crippen LogP contribution in [0.5, 0.6) is 0 Å². The van der Waals surface area contributed by atoms with Gasteiger partial charge in [0.25, 0.3) is 5.91 Å². The van der Waals surface area contributed by atoms with Crippen LogP contribution in [0.4, 0.5) is 0 Å². The zero-order valence-corrected chi connectivity index (χ0v) is 12.9. The average molecular weight is 308 g/mol. The van der Waals surface area contributed by atoms with Crippen molar-refractivity contribution >= 4 is 11.9 Å². The van der Waals surface area contributed by atoms with Crippen molar-refractivity contribution < 1.29 is 19.8 Å². The maximum Gasteiger partial charge on any atom is 0.326 e. The molecule has 1 aromatic rings. The van der Waals surface area contributed by atoms with Crippen LogP contribution in [-0.2, 0) is 16.0 Å². The molecule has 0 bridgehead atoms. The van der Waals surface area contributed by atoms with E-state index in [-0.39, 0.29) is 5.92 Å². The molecule has 1 aromatic carbocycles. The first-order valence-corrected chi connectivity index (χ1v) is 7.32. The number of rotatable bonds is 8. The summed E-state index contributed by atoms with van der Waals surface area (Å²) in [7, 11) is 0. The van der Waals surface area contributed by atoms with Gasteiger partial charge >= 0.3 is 5.97 Å². The summed E-state index contributed by atoms with van der Waals surface area (Å²) in [4.78, 5) is 23.1. The number of carboxylic acid groups (broad SMARTS) is 1. The van der Waals surface area contributed by atoms with Crippen molar-refractivity contribution in [2.24, 2.45) is 11.7 Å². The summed E-state index contributed by atoms with van der Waals surface area (Å²) in [6, 6.07) is 7.44. The fourth-order valence-corrected chi connectivity index (χ4v) is 2.14. The van der Waals surface area contributed by atoms with E-state index in [0.717, 1.165) is 5.56 Å². The van der Waals surface area contributed by atoms with Crippen LogP contribution < -0.4 is 11.1 Å². The molecule has 122 valence electrons. The lowest BCUT2D eigenvalue weighted by atomic mass is 10.00. The van der Waals surface area contributed by atoms with Crippen LogP contribution in [0.15, 0.2) is 30.3 Å². The van der Waals surface area contributed by atoms with E-state index in [1.54, 1.807) is 0 Å². The van der Waals surface area contributed by atoms with E-state index in [4.69, 9.17) is 10.8 Å². The Kier molecular flexibility index (Phi) is 7.01. The summed E-state index contributed by atoms with van der Waals surface area (Å²) in [5, 5.41) is 21.4. The third kappa shape index (κ3) is 5.83. The summed E-state index contributed by atoms with van der Waals surface area (Å²) in [6.07, 6.45) is -0.826. The fourth-order valence-electron chi connectivity index (χ4n) is 2.14. The van der Waals surface area contributed by atoms with Gasteiger partial charge in [-0.05, 0) is 24.3 Å². The molecule has 0 radical (unpaired) electrons. The normalized spacial score (nSPS) is 15.1. The Hall–Kier alpha value is -1.92. The maximum absolute atomic E-state index is 12.0. The molecule has 6 heteroatoms. The molecule has 0 unspecified atom stereocenters. The van der Waals surface area contributed by atoms with Crippen molar-refractivity contribution in [3.05, 3.63) is 35.9 Å². The summed E-state index contributed by atoms with van der Waals surface area (Å²) in [6.45, 7) is 3.72. The third-order valence-corrected chi connectivity index (χ3v) is 3.31. The number of nitrogens with two attached hydrogens (primary N) is 1. The van der Waals surface area contributed by atoms with E-state index < -0.39 is 30.1 Å². The molecule has 0 aromatic heterocycles. The highest BCUT2D eigenvalue weighted by Crippen LogP contribution is 2.08. The van der Waals surface area contributed by atoms with Gasteiger partial charge in [0.2, 0.25) is 0 Å². The molecule has 0 saturated carbocycles.